The molecule has 5 heteroatoms. The Hall–Kier alpha value is -4.12. The van der Waals surface area contributed by atoms with Crippen LogP contribution in [-0.4, -0.2) is 26.7 Å². The Bertz CT molecular complexity index is 1370. The van der Waals surface area contributed by atoms with E-state index in [4.69, 9.17) is 5.11 Å². The van der Waals surface area contributed by atoms with E-state index in [1.807, 2.05) is 18.2 Å². The van der Waals surface area contributed by atoms with Gasteiger partial charge >= 0.3 is 11.9 Å². The van der Waals surface area contributed by atoms with Crippen LogP contribution in [-0.2, 0) is 10.2 Å². The second kappa shape index (κ2) is 8.43. The van der Waals surface area contributed by atoms with Crippen LogP contribution in [0.3, 0.4) is 0 Å². The van der Waals surface area contributed by atoms with Gasteiger partial charge in [0.1, 0.15) is 5.69 Å². The highest BCUT2D eigenvalue weighted by molar-refractivity contribution is 5.97. The Morgan fingerprint density at radius 1 is 0.818 bits per heavy atom. The highest BCUT2D eigenvalue weighted by Gasteiger charge is 2.17. The van der Waals surface area contributed by atoms with Crippen molar-refractivity contribution in [1.29, 1.82) is 0 Å². The average Bonchev–Trinajstić information content (AvgIpc) is 3.17. The number of hydrogen-bond donors (Lipinski definition) is 2. The molecule has 166 valence electrons. The molecule has 5 nitrogen and oxygen atoms in total. The summed E-state index contributed by atoms with van der Waals surface area (Å²) in [4.78, 5) is 22.7. The number of nitrogens with zero attached hydrogens (tertiary/aromatic N) is 1. The predicted octanol–water partition coefficient (Wildman–Crippen LogP) is 6.39. The molecular weight excluding hydrogens is 414 g/mol. The molecule has 1 aromatic heterocycles. The SMILES string of the molecule is CC(C)(C)c1ccc(-c2ccc3c(c2)cc(C(=O)O)n3-c2ccc(C=CC(=O)O)cc2)cc1. The maximum Gasteiger partial charge on any atom is 0.352 e. The molecule has 0 radical (unpaired) electrons. The molecule has 0 amide bonds. The summed E-state index contributed by atoms with van der Waals surface area (Å²) in [6.45, 7) is 6.54. The molecule has 0 saturated carbocycles. The zero-order chi connectivity index (χ0) is 23.8. The van der Waals surface area contributed by atoms with E-state index in [-0.39, 0.29) is 11.1 Å². The van der Waals surface area contributed by atoms with E-state index in [0.29, 0.717) is 5.69 Å². The average molecular weight is 440 g/mol. The zero-order valence-electron chi connectivity index (χ0n) is 18.7. The summed E-state index contributed by atoms with van der Waals surface area (Å²) in [7, 11) is 0. The molecule has 4 rings (SSSR count). The van der Waals surface area contributed by atoms with Gasteiger partial charge in [-0.25, -0.2) is 9.59 Å². The number of benzene rings is 3. The summed E-state index contributed by atoms with van der Waals surface area (Å²) in [5.41, 5.74) is 5.79. The van der Waals surface area contributed by atoms with Crippen LogP contribution in [0.1, 0.15) is 42.4 Å². The fourth-order valence-corrected chi connectivity index (χ4v) is 3.90. The first-order valence-corrected chi connectivity index (χ1v) is 10.6. The molecule has 2 N–H and O–H groups in total. The molecular formula is C28H25NO4. The van der Waals surface area contributed by atoms with Crippen molar-refractivity contribution in [3.63, 3.8) is 0 Å². The molecule has 4 aromatic rings. The second-order valence-electron chi connectivity index (χ2n) is 9.03. The van der Waals surface area contributed by atoms with Gasteiger partial charge in [0.25, 0.3) is 0 Å². The zero-order valence-corrected chi connectivity index (χ0v) is 18.7. The molecule has 0 atom stereocenters. The van der Waals surface area contributed by atoms with E-state index in [1.165, 1.54) is 11.6 Å². The smallest absolute Gasteiger partial charge is 0.352 e. The third-order valence-corrected chi connectivity index (χ3v) is 5.67. The number of hydrogen-bond acceptors (Lipinski definition) is 2. The van der Waals surface area contributed by atoms with Crippen molar-refractivity contribution in [2.24, 2.45) is 0 Å². The lowest BCUT2D eigenvalue weighted by molar-refractivity contribution is -0.131. The van der Waals surface area contributed by atoms with E-state index in [0.717, 1.165) is 33.7 Å². The summed E-state index contributed by atoms with van der Waals surface area (Å²) >= 11 is 0. The highest BCUT2D eigenvalue weighted by Crippen LogP contribution is 2.31. The minimum absolute atomic E-state index is 0.0784. The number of carboxylic acid groups (broad SMARTS) is 2. The molecule has 0 fully saturated rings. The molecule has 33 heavy (non-hydrogen) atoms. The minimum Gasteiger partial charge on any atom is -0.478 e. The van der Waals surface area contributed by atoms with Gasteiger partial charge in [-0.2, -0.15) is 0 Å². The minimum atomic E-state index is -1.02. The standard InChI is InChI=1S/C28H25NO4/c1-28(2,3)22-10-7-19(8-11-22)20-9-14-24-21(16-20)17-25(27(32)33)29(24)23-12-4-18(5-13-23)6-15-26(30)31/h4-17H,1-3H3,(H,30,31)(H,32,33). The summed E-state index contributed by atoms with van der Waals surface area (Å²) < 4.78 is 1.70. The second-order valence-corrected chi connectivity index (χ2v) is 9.03. The lowest BCUT2D eigenvalue weighted by Gasteiger charge is -2.19. The quantitative estimate of drug-likeness (QED) is 0.353. The number of rotatable bonds is 5. The first kappa shape index (κ1) is 22.1. The number of aromatic nitrogens is 1. The van der Waals surface area contributed by atoms with Crippen molar-refractivity contribution in [3.05, 3.63) is 95.7 Å². The Balaban J connectivity index is 1.76. The van der Waals surface area contributed by atoms with E-state index < -0.39 is 11.9 Å². The lowest BCUT2D eigenvalue weighted by Crippen LogP contribution is -2.10. The molecule has 0 aliphatic carbocycles. The van der Waals surface area contributed by atoms with Crippen LogP contribution in [0.2, 0.25) is 0 Å². The van der Waals surface area contributed by atoms with E-state index in [9.17, 15) is 14.7 Å². The molecule has 0 aliphatic rings. The van der Waals surface area contributed by atoms with Gasteiger partial charge in [-0.1, -0.05) is 63.2 Å². The number of carboxylic acids is 2. The van der Waals surface area contributed by atoms with Crippen molar-refractivity contribution < 1.29 is 19.8 Å². The fraction of sp³-hybridized carbons (Fsp3) is 0.143. The highest BCUT2D eigenvalue weighted by atomic mass is 16.4. The van der Waals surface area contributed by atoms with Crippen LogP contribution < -0.4 is 0 Å². The van der Waals surface area contributed by atoms with Crippen molar-refractivity contribution in [1.82, 2.24) is 4.57 Å². The van der Waals surface area contributed by atoms with Crippen molar-refractivity contribution in [2.45, 2.75) is 26.2 Å². The summed E-state index contributed by atoms with van der Waals surface area (Å²) in [5, 5.41) is 19.4. The normalized spacial score (nSPS) is 11.8. The third-order valence-electron chi connectivity index (χ3n) is 5.67. The lowest BCUT2D eigenvalue weighted by atomic mass is 9.86. The third kappa shape index (κ3) is 4.58. The topological polar surface area (TPSA) is 79.5 Å². The van der Waals surface area contributed by atoms with Gasteiger partial charge in [0.2, 0.25) is 0 Å². The van der Waals surface area contributed by atoms with Gasteiger partial charge < -0.3 is 14.8 Å². The largest absolute Gasteiger partial charge is 0.478 e. The molecule has 0 spiro atoms. The maximum absolute atomic E-state index is 12.0. The van der Waals surface area contributed by atoms with Crippen LogP contribution in [0.15, 0.2) is 78.9 Å². The molecule has 1 heterocycles. The van der Waals surface area contributed by atoms with Gasteiger partial charge in [0.15, 0.2) is 0 Å². The summed E-state index contributed by atoms with van der Waals surface area (Å²) in [6, 6.07) is 23.2. The Morgan fingerprint density at radius 2 is 1.45 bits per heavy atom. The molecule has 0 unspecified atom stereocenters. The maximum atomic E-state index is 12.0. The molecule has 0 aliphatic heterocycles. The Kier molecular flexibility index (Phi) is 5.64. The number of fused-ring (bicyclic) bond motifs is 1. The molecule has 0 bridgehead atoms. The van der Waals surface area contributed by atoms with Gasteiger partial charge in [0, 0.05) is 17.1 Å². The van der Waals surface area contributed by atoms with Gasteiger partial charge in [-0.3, -0.25) is 0 Å². The molecule has 0 saturated heterocycles. The number of aliphatic carboxylic acids is 1. The predicted molar refractivity (Wildman–Crippen MR) is 131 cm³/mol. The Labute approximate surface area is 192 Å². The first-order chi connectivity index (χ1) is 15.6. The van der Waals surface area contributed by atoms with Crippen LogP contribution in [0.4, 0.5) is 0 Å². The van der Waals surface area contributed by atoms with E-state index in [2.05, 4.69) is 45.0 Å². The Morgan fingerprint density at radius 3 is 2.03 bits per heavy atom. The van der Waals surface area contributed by atoms with Gasteiger partial charge in [0.05, 0.1) is 5.52 Å². The number of carbonyl (C=O) groups is 2. The van der Waals surface area contributed by atoms with E-state index in [1.54, 1.807) is 34.9 Å². The van der Waals surface area contributed by atoms with Gasteiger partial charge in [-0.15, -0.1) is 0 Å². The summed E-state index contributed by atoms with van der Waals surface area (Å²) in [5.74, 6) is -2.04. The first-order valence-electron chi connectivity index (χ1n) is 10.6. The van der Waals surface area contributed by atoms with Crippen molar-refractivity contribution >= 4 is 28.9 Å². The van der Waals surface area contributed by atoms with Crippen molar-refractivity contribution in [3.8, 4) is 16.8 Å². The van der Waals surface area contributed by atoms with E-state index >= 15 is 0 Å². The molecule has 3 aromatic carbocycles. The van der Waals surface area contributed by atoms with Crippen LogP contribution >= 0.6 is 0 Å². The van der Waals surface area contributed by atoms with Gasteiger partial charge in [-0.05, 0) is 64.1 Å². The van der Waals surface area contributed by atoms with Crippen LogP contribution in [0, 0.1) is 0 Å². The van der Waals surface area contributed by atoms with Crippen molar-refractivity contribution in [2.75, 3.05) is 0 Å². The van der Waals surface area contributed by atoms with Crippen LogP contribution in [0.5, 0.6) is 0 Å². The summed E-state index contributed by atoms with van der Waals surface area (Å²) in [6.07, 6.45) is 2.56. The monoisotopic (exact) mass is 439 g/mol. The fourth-order valence-electron chi connectivity index (χ4n) is 3.90. The number of aromatic carboxylic acids is 1. The van der Waals surface area contributed by atoms with Crippen LogP contribution in [0.25, 0.3) is 33.8 Å².